The molecule has 1 heterocycles. The van der Waals surface area contributed by atoms with E-state index in [4.69, 9.17) is 0 Å². The van der Waals surface area contributed by atoms with E-state index < -0.39 is 0 Å². The zero-order valence-electron chi connectivity index (χ0n) is 8.17. The number of nitrogens with zero attached hydrogens (tertiary/aromatic N) is 1. The predicted octanol–water partition coefficient (Wildman–Crippen LogP) is 3.02. The second-order valence-electron chi connectivity index (χ2n) is 4.53. The molecule has 2 aliphatic rings. The standard InChI is InChI=1S/C12H14IN/c13-12-4-3-10-7-14(6-9-1-2-9)8-11(10)5-12/h3-5,9H,1-2,6-8H2. The van der Waals surface area contributed by atoms with Gasteiger partial charge in [-0.2, -0.15) is 0 Å². The largest absolute Gasteiger partial charge is 0.295 e. The van der Waals surface area contributed by atoms with Crippen molar-refractivity contribution in [2.45, 2.75) is 25.9 Å². The van der Waals surface area contributed by atoms with Gasteiger partial charge in [0.1, 0.15) is 0 Å². The zero-order valence-corrected chi connectivity index (χ0v) is 10.3. The molecule has 14 heavy (non-hydrogen) atoms. The van der Waals surface area contributed by atoms with Crippen LogP contribution in [0.2, 0.25) is 0 Å². The van der Waals surface area contributed by atoms with Crippen LogP contribution in [0.3, 0.4) is 0 Å². The first kappa shape index (κ1) is 9.16. The Bertz CT molecular complexity index is 357. The van der Waals surface area contributed by atoms with Crippen LogP contribution >= 0.6 is 22.6 Å². The Morgan fingerprint density at radius 3 is 2.79 bits per heavy atom. The average molecular weight is 299 g/mol. The van der Waals surface area contributed by atoms with Gasteiger partial charge in [-0.3, -0.25) is 4.90 Å². The van der Waals surface area contributed by atoms with Gasteiger partial charge in [0.15, 0.2) is 0 Å². The van der Waals surface area contributed by atoms with E-state index in [2.05, 4.69) is 45.7 Å². The van der Waals surface area contributed by atoms with E-state index >= 15 is 0 Å². The van der Waals surface area contributed by atoms with Gasteiger partial charge in [-0.1, -0.05) is 6.07 Å². The van der Waals surface area contributed by atoms with Gasteiger partial charge in [-0.05, 0) is 64.6 Å². The number of hydrogen-bond acceptors (Lipinski definition) is 1. The number of rotatable bonds is 2. The monoisotopic (exact) mass is 299 g/mol. The Morgan fingerprint density at radius 2 is 2.00 bits per heavy atom. The van der Waals surface area contributed by atoms with Crippen LogP contribution in [0.5, 0.6) is 0 Å². The molecule has 1 aliphatic heterocycles. The SMILES string of the molecule is Ic1ccc2c(c1)CN(CC1CC1)C2. The Morgan fingerprint density at radius 1 is 1.21 bits per heavy atom. The third kappa shape index (κ3) is 1.82. The Balaban J connectivity index is 1.75. The molecule has 0 N–H and O–H groups in total. The maximum absolute atomic E-state index is 2.60. The molecule has 1 fully saturated rings. The average Bonchev–Trinajstić information content (AvgIpc) is 2.84. The summed E-state index contributed by atoms with van der Waals surface area (Å²) >= 11 is 2.40. The van der Waals surface area contributed by atoms with E-state index in [0.29, 0.717) is 0 Å². The van der Waals surface area contributed by atoms with Crippen LogP contribution in [-0.4, -0.2) is 11.4 Å². The molecule has 0 saturated heterocycles. The summed E-state index contributed by atoms with van der Waals surface area (Å²) in [7, 11) is 0. The second kappa shape index (κ2) is 3.49. The highest BCUT2D eigenvalue weighted by molar-refractivity contribution is 14.1. The second-order valence-corrected chi connectivity index (χ2v) is 5.77. The molecule has 1 saturated carbocycles. The minimum absolute atomic E-state index is 1.02. The van der Waals surface area contributed by atoms with Crippen LogP contribution in [0.25, 0.3) is 0 Å². The topological polar surface area (TPSA) is 3.24 Å². The van der Waals surface area contributed by atoms with Gasteiger partial charge < -0.3 is 0 Å². The number of fused-ring (bicyclic) bond motifs is 1. The molecular formula is C12H14IN. The first-order valence-electron chi connectivity index (χ1n) is 5.31. The lowest BCUT2D eigenvalue weighted by atomic mass is 10.1. The van der Waals surface area contributed by atoms with E-state index in [1.54, 1.807) is 11.1 Å². The number of benzene rings is 1. The summed E-state index contributed by atoms with van der Waals surface area (Å²) in [5.74, 6) is 1.02. The summed E-state index contributed by atoms with van der Waals surface area (Å²) in [5.41, 5.74) is 3.10. The van der Waals surface area contributed by atoms with Crippen LogP contribution < -0.4 is 0 Å². The maximum atomic E-state index is 2.60. The molecule has 0 aromatic heterocycles. The van der Waals surface area contributed by atoms with Crippen molar-refractivity contribution in [2.24, 2.45) is 5.92 Å². The lowest BCUT2D eigenvalue weighted by molar-refractivity contribution is 0.272. The Kier molecular flexibility index (Phi) is 2.28. The number of halogens is 1. The van der Waals surface area contributed by atoms with Gasteiger partial charge >= 0.3 is 0 Å². The molecule has 1 aliphatic carbocycles. The van der Waals surface area contributed by atoms with Crippen molar-refractivity contribution in [1.82, 2.24) is 4.90 Å². The summed E-state index contributed by atoms with van der Waals surface area (Å²) in [4.78, 5) is 2.60. The van der Waals surface area contributed by atoms with Crippen LogP contribution in [0.1, 0.15) is 24.0 Å². The van der Waals surface area contributed by atoms with Gasteiger partial charge in [0.25, 0.3) is 0 Å². The molecule has 2 heteroatoms. The molecule has 0 radical (unpaired) electrons. The molecule has 74 valence electrons. The molecule has 0 spiro atoms. The van der Waals surface area contributed by atoms with Crippen LogP contribution in [0, 0.1) is 9.49 Å². The third-order valence-corrected chi connectivity index (χ3v) is 3.84. The highest BCUT2D eigenvalue weighted by atomic mass is 127. The first-order chi connectivity index (χ1) is 6.81. The summed E-state index contributed by atoms with van der Waals surface area (Å²) in [6.45, 7) is 3.69. The summed E-state index contributed by atoms with van der Waals surface area (Å²) in [6, 6.07) is 6.85. The van der Waals surface area contributed by atoms with E-state index in [1.807, 2.05) is 0 Å². The van der Waals surface area contributed by atoms with Gasteiger partial charge in [0.2, 0.25) is 0 Å². The lowest BCUT2D eigenvalue weighted by Gasteiger charge is -2.13. The smallest absolute Gasteiger partial charge is 0.0241 e. The molecular weight excluding hydrogens is 285 g/mol. The molecule has 1 aromatic rings. The summed E-state index contributed by atoms with van der Waals surface area (Å²) in [5, 5.41) is 0. The van der Waals surface area contributed by atoms with Crippen LogP contribution in [-0.2, 0) is 13.1 Å². The van der Waals surface area contributed by atoms with Crippen molar-refractivity contribution in [3.05, 3.63) is 32.9 Å². The lowest BCUT2D eigenvalue weighted by Crippen LogP contribution is -2.18. The van der Waals surface area contributed by atoms with Crippen molar-refractivity contribution in [3.8, 4) is 0 Å². The van der Waals surface area contributed by atoms with Crippen molar-refractivity contribution >= 4 is 22.6 Å². The Hall–Kier alpha value is -0.0900. The molecule has 1 aromatic carbocycles. The van der Waals surface area contributed by atoms with E-state index in [0.717, 1.165) is 5.92 Å². The van der Waals surface area contributed by atoms with Gasteiger partial charge in [-0.15, -0.1) is 0 Å². The molecule has 0 atom stereocenters. The van der Waals surface area contributed by atoms with Gasteiger partial charge in [0.05, 0.1) is 0 Å². The minimum atomic E-state index is 1.02. The molecule has 0 bridgehead atoms. The van der Waals surface area contributed by atoms with E-state index in [-0.39, 0.29) is 0 Å². The van der Waals surface area contributed by atoms with Gasteiger partial charge in [0, 0.05) is 23.2 Å². The first-order valence-corrected chi connectivity index (χ1v) is 6.39. The molecule has 0 amide bonds. The fourth-order valence-electron chi connectivity index (χ4n) is 2.23. The summed E-state index contributed by atoms with van der Waals surface area (Å²) < 4.78 is 1.37. The zero-order chi connectivity index (χ0) is 9.54. The molecule has 3 rings (SSSR count). The van der Waals surface area contributed by atoms with E-state index in [9.17, 15) is 0 Å². The van der Waals surface area contributed by atoms with Crippen LogP contribution in [0.15, 0.2) is 18.2 Å². The van der Waals surface area contributed by atoms with Crippen molar-refractivity contribution in [1.29, 1.82) is 0 Å². The fourth-order valence-corrected chi connectivity index (χ4v) is 2.78. The van der Waals surface area contributed by atoms with Crippen LogP contribution in [0.4, 0.5) is 0 Å². The van der Waals surface area contributed by atoms with E-state index in [1.165, 1.54) is 36.0 Å². The summed E-state index contributed by atoms with van der Waals surface area (Å²) in [6.07, 6.45) is 2.93. The maximum Gasteiger partial charge on any atom is 0.0241 e. The van der Waals surface area contributed by atoms with Crippen molar-refractivity contribution < 1.29 is 0 Å². The van der Waals surface area contributed by atoms with Crippen molar-refractivity contribution in [2.75, 3.05) is 6.54 Å². The quantitative estimate of drug-likeness (QED) is 0.759. The molecule has 0 unspecified atom stereocenters. The fraction of sp³-hybridized carbons (Fsp3) is 0.500. The molecule has 1 nitrogen and oxygen atoms in total. The van der Waals surface area contributed by atoms with Crippen molar-refractivity contribution in [3.63, 3.8) is 0 Å². The predicted molar refractivity (Wildman–Crippen MR) is 66.0 cm³/mol. The number of hydrogen-bond donors (Lipinski definition) is 0. The normalized spacial score (nSPS) is 21.2. The minimum Gasteiger partial charge on any atom is -0.295 e. The Labute approximate surface area is 98.6 Å². The highest BCUT2D eigenvalue weighted by Gasteiger charge is 2.27. The highest BCUT2D eigenvalue weighted by Crippen LogP contribution is 2.33. The third-order valence-electron chi connectivity index (χ3n) is 3.17. The van der Waals surface area contributed by atoms with Gasteiger partial charge in [-0.25, -0.2) is 0 Å².